The fraction of sp³-hybridized carbons (Fsp3) is 0.188. The Labute approximate surface area is 113 Å². The van der Waals surface area contributed by atoms with Gasteiger partial charge in [0, 0.05) is 30.1 Å². The van der Waals surface area contributed by atoms with Crippen LogP contribution >= 0.6 is 0 Å². The minimum absolute atomic E-state index is 0.105. The first-order chi connectivity index (χ1) is 9.25. The van der Waals surface area contributed by atoms with Crippen molar-refractivity contribution in [3.63, 3.8) is 0 Å². The fourth-order valence-electron chi connectivity index (χ4n) is 1.73. The van der Waals surface area contributed by atoms with Crippen LogP contribution in [0.2, 0.25) is 0 Å². The number of carbonyl (C=O) groups is 1. The van der Waals surface area contributed by atoms with Gasteiger partial charge < -0.3 is 0 Å². The number of carbonyl (C=O) groups excluding carboxylic acids is 1. The van der Waals surface area contributed by atoms with Gasteiger partial charge in [-0.25, -0.2) is 0 Å². The summed E-state index contributed by atoms with van der Waals surface area (Å²) in [5.41, 5.74) is 2.63. The molecule has 0 saturated carbocycles. The van der Waals surface area contributed by atoms with Crippen molar-refractivity contribution >= 4 is 11.5 Å². The SMILES string of the molecule is CC(CC(=O)c1ccccc1)=NCc1cccnc1. The quantitative estimate of drug-likeness (QED) is 0.605. The molecular formula is C16H16N2O. The molecule has 0 aliphatic rings. The highest BCUT2D eigenvalue weighted by Crippen LogP contribution is 2.05. The molecule has 1 heterocycles. The molecule has 0 saturated heterocycles. The zero-order chi connectivity index (χ0) is 13.5. The molecule has 1 aromatic heterocycles. The maximum atomic E-state index is 12.0. The average molecular weight is 252 g/mol. The molecule has 3 heteroatoms. The number of hydrogen-bond donors (Lipinski definition) is 0. The van der Waals surface area contributed by atoms with E-state index in [1.165, 1.54) is 0 Å². The molecule has 0 N–H and O–H groups in total. The molecule has 0 radical (unpaired) electrons. The van der Waals surface area contributed by atoms with Gasteiger partial charge in [0.25, 0.3) is 0 Å². The van der Waals surface area contributed by atoms with E-state index in [1.54, 1.807) is 12.4 Å². The van der Waals surface area contributed by atoms with Crippen molar-refractivity contribution in [3.05, 3.63) is 66.0 Å². The van der Waals surface area contributed by atoms with Gasteiger partial charge in [0.1, 0.15) is 0 Å². The van der Waals surface area contributed by atoms with Crippen molar-refractivity contribution in [1.82, 2.24) is 4.98 Å². The lowest BCUT2D eigenvalue weighted by atomic mass is 10.1. The zero-order valence-corrected chi connectivity index (χ0v) is 10.9. The van der Waals surface area contributed by atoms with E-state index in [4.69, 9.17) is 0 Å². The molecule has 96 valence electrons. The lowest BCUT2D eigenvalue weighted by Gasteiger charge is -2.01. The van der Waals surface area contributed by atoms with Crippen molar-refractivity contribution < 1.29 is 4.79 Å². The topological polar surface area (TPSA) is 42.3 Å². The Balaban J connectivity index is 1.94. The third-order valence-corrected chi connectivity index (χ3v) is 2.77. The summed E-state index contributed by atoms with van der Waals surface area (Å²) in [5.74, 6) is 0.105. The van der Waals surface area contributed by atoms with Gasteiger partial charge in [-0.3, -0.25) is 14.8 Å². The van der Waals surface area contributed by atoms with Crippen LogP contribution in [0.3, 0.4) is 0 Å². The number of pyridine rings is 1. The number of hydrogen-bond acceptors (Lipinski definition) is 3. The molecule has 0 amide bonds. The van der Waals surface area contributed by atoms with E-state index in [0.29, 0.717) is 13.0 Å². The van der Waals surface area contributed by atoms with Gasteiger partial charge in [-0.05, 0) is 18.6 Å². The first-order valence-electron chi connectivity index (χ1n) is 6.23. The van der Waals surface area contributed by atoms with Crippen LogP contribution in [-0.2, 0) is 6.54 Å². The van der Waals surface area contributed by atoms with Crippen molar-refractivity contribution in [2.75, 3.05) is 0 Å². The molecule has 0 unspecified atom stereocenters. The van der Waals surface area contributed by atoms with E-state index in [-0.39, 0.29) is 5.78 Å². The molecule has 3 nitrogen and oxygen atoms in total. The van der Waals surface area contributed by atoms with Crippen LogP contribution in [0.4, 0.5) is 0 Å². The van der Waals surface area contributed by atoms with Crippen molar-refractivity contribution in [3.8, 4) is 0 Å². The van der Waals surface area contributed by atoms with Gasteiger partial charge in [-0.2, -0.15) is 0 Å². The summed E-state index contributed by atoms with van der Waals surface area (Å²) in [6, 6.07) is 13.2. The lowest BCUT2D eigenvalue weighted by Crippen LogP contribution is -2.05. The molecule has 0 bridgehead atoms. The van der Waals surface area contributed by atoms with Crippen molar-refractivity contribution in [1.29, 1.82) is 0 Å². The second kappa shape index (κ2) is 6.59. The molecule has 0 spiro atoms. The maximum absolute atomic E-state index is 12.0. The second-order valence-corrected chi connectivity index (χ2v) is 4.38. The summed E-state index contributed by atoms with van der Waals surface area (Å²) < 4.78 is 0. The van der Waals surface area contributed by atoms with E-state index >= 15 is 0 Å². The number of aromatic nitrogens is 1. The maximum Gasteiger partial charge on any atom is 0.168 e. The first kappa shape index (κ1) is 13.1. The largest absolute Gasteiger partial charge is 0.294 e. The number of rotatable bonds is 5. The Hall–Kier alpha value is -2.29. The van der Waals surface area contributed by atoms with Crippen LogP contribution < -0.4 is 0 Å². The summed E-state index contributed by atoms with van der Waals surface area (Å²) in [4.78, 5) is 20.4. The molecule has 19 heavy (non-hydrogen) atoms. The van der Waals surface area contributed by atoms with Gasteiger partial charge >= 0.3 is 0 Å². The van der Waals surface area contributed by atoms with Crippen molar-refractivity contribution in [2.45, 2.75) is 19.9 Å². The van der Waals surface area contributed by atoms with E-state index in [1.807, 2.05) is 49.4 Å². The number of benzene rings is 1. The number of Topliss-reactive ketones (excluding diaryl/α,β-unsaturated/α-hetero) is 1. The summed E-state index contributed by atoms with van der Waals surface area (Å²) in [6.07, 6.45) is 3.89. The summed E-state index contributed by atoms with van der Waals surface area (Å²) in [6.45, 7) is 2.46. The third-order valence-electron chi connectivity index (χ3n) is 2.77. The van der Waals surface area contributed by atoms with Crippen LogP contribution in [0, 0.1) is 0 Å². The number of ketones is 1. The van der Waals surface area contributed by atoms with Gasteiger partial charge in [0.2, 0.25) is 0 Å². The third kappa shape index (κ3) is 4.14. The number of aliphatic imine (C=N–C) groups is 1. The van der Waals surface area contributed by atoms with Gasteiger partial charge in [0.15, 0.2) is 5.78 Å². The molecular weight excluding hydrogens is 236 g/mol. The van der Waals surface area contributed by atoms with E-state index < -0.39 is 0 Å². The standard InChI is InChI=1S/C16H16N2O/c1-13(18-12-14-6-5-9-17-11-14)10-16(19)15-7-3-2-4-8-15/h2-9,11H,10,12H2,1H3. The Morgan fingerprint density at radius 1 is 1.16 bits per heavy atom. The van der Waals surface area contributed by atoms with Crippen LogP contribution in [-0.4, -0.2) is 16.5 Å². The van der Waals surface area contributed by atoms with E-state index in [2.05, 4.69) is 9.98 Å². The monoisotopic (exact) mass is 252 g/mol. The summed E-state index contributed by atoms with van der Waals surface area (Å²) >= 11 is 0. The van der Waals surface area contributed by atoms with Gasteiger partial charge in [-0.15, -0.1) is 0 Å². The molecule has 0 fully saturated rings. The Kier molecular flexibility index (Phi) is 4.56. The fourth-order valence-corrected chi connectivity index (χ4v) is 1.73. The Morgan fingerprint density at radius 3 is 2.63 bits per heavy atom. The van der Waals surface area contributed by atoms with Crippen molar-refractivity contribution in [2.24, 2.45) is 4.99 Å². The highest BCUT2D eigenvalue weighted by atomic mass is 16.1. The van der Waals surface area contributed by atoms with Crippen LogP contribution in [0.1, 0.15) is 29.3 Å². The zero-order valence-electron chi connectivity index (χ0n) is 10.9. The van der Waals surface area contributed by atoms with Crippen LogP contribution in [0.25, 0.3) is 0 Å². The van der Waals surface area contributed by atoms with Crippen LogP contribution in [0.5, 0.6) is 0 Å². The highest BCUT2D eigenvalue weighted by molar-refractivity contribution is 6.08. The molecule has 2 rings (SSSR count). The predicted molar refractivity (Wildman–Crippen MR) is 76.4 cm³/mol. The van der Waals surface area contributed by atoms with Gasteiger partial charge in [-0.1, -0.05) is 36.4 Å². The predicted octanol–water partition coefficient (Wildman–Crippen LogP) is 3.32. The summed E-state index contributed by atoms with van der Waals surface area (Å²) in [7, 11) is 0. The minimum atomic E-state index is 0.105. The van der Waals surface area contributed by atoms with Gasteiger partial charge in [0.05, 0.1) is 6.54 Å². The molecule has 0 aliphatic heterocycles. The smallest absolute Gasteiger partial charge is 0.168 e. The number of nitrogens with zero attached hydrogens (tertiary/aromatic N) is 2. The second-order valence-electron chi connectivity index (χ2n) is 4.38. The molecule has 2 aromatic rings. The minimum Gasteiger partial charge on any atom is -0.294 e. The van der Waals surface area contributed by atoms with Crippen LogP contribution in [0.15, 0.2) is 59.9 Å². The molecule has 0 aliphatic carbocycles. The average Bonchev–Trinajstić information content (AvgIpc) is 2.47. The first-order valence-corrected chi connectivity index (χ1v) is 6.23. The Bertz CT molecular complexity index is 562. The normalized spacial score (nSPS) is 11.3. The lowest BCUT2D eigenvalue weighted by molar-refractivity contribution is 0.100. The van der Waals surface area contributed by atoms with E-state index in [9.17, 15) is 4.79 Å². The molecule has 0 atom stereocenters. The molecule has 1 aromatic carbocycles. The summed E-state index contributed by atoms with van der Waals surface area (Å²) in [5, 5.41) is 0. The Morgan fingerprint density at radius 2 is 1.95 bits per heavy atom. The van der Waals surface area contributed by atoms with E-state index in [0.717, 1.165) is 16.8 Å². The highest BCUT2D eigenvalue weighted by Gasteiger charge is 2.06.